The molecule has 0 bridgehead atoms. The van der Waals surface area contributed by atoms with Crippen LogP contribution in [0.2, 0.25) is 0 Å². The molecule has 0 aliphatic rings. The van der Waals surface area contributed by atoms with E-state index in [0.29, 0.717) is 6.54 Å². The molecule has 0 fully saturated rings. The van der Waals surface area contributed by atoms with Crippen molar-refractivity contribution < 1.29 is 9.59 Å². The monoisotopic (exact) mass is 187 g/mol. The van der Waals surface area contributed by atoms with Crippen LogP contribution in [0.25, 0.3) is 0 Å². The fraction of sp³-hybridized carbons (Fsp3) is 0.750. The fourth-order valence-corrected chi connectivity index (χ4v) is 0.693. The Morgan fingerprint density at radius 3 is 2.31 bits per heavy atom. The van der Waals surface area contributed by atoms with E-state index in [9.17, 15) is 9.59 Å². The number of likely N-dealkylation sites (N-methyl/N-ethyl adjacent to an activating group) is 1. The van der Waals surface area contributed by atoms with Gasteiger partial charge in [-0.1, -0.05) is 6.92 Å². The lowest BCUT2D eigenvalue weighted by atomic mass is 10.1. The van der Waals surface area contributed by atoms with Crippen LogP contribution in [0.3, 0.4) is 0 Å². The predicted molar refractivity (Wildman–Crippen MR) is 50.0 cm³/mol. The number of carbonyl (C=O) groups excluding carboxylic acids is 2. The van der Waals surface area contributed by atoms with Gasteiger partial charge in [0.15, 0.2) is 0 Å². The average Bonchev–Trinajstić information content (AvgIpc) is 1.99. The van der Waals surface area contributed by atoms with Crippen molar-refractivity contribution in [1.29, 1.82) is 0 Å². The molecule has 5 nitrogen and oxygen atoms in total. The first kappa shape index (κ1) is 11.9. The molecule has 0 saturated heterocycles. The van der Waals surface area contributed by atoms with Gasteiger partial charge in [0.05, 0.1) is 6.54 Å². The van der Waals surface area contributed by atoms with Crippen molar-refractivity contribution in [3.63, 3.8) is 0 Å². The maximum absolute atomic E-state index is 11.1. The lowest BCUT2D eigenvalue weighted by molar-refractivity contribution is -0.129. The van der Waals surface area contributed by atoms with Crippen LogP contribution in [0.1, 0.15) is 20.8 Å². The number of hydrogen-bond acceptors (Lipinski definition) is 3. The summed E-state index contributed by atoms with van der Waals surface area (Å²) in [6.45, 7) is 5.95. The molecular weight excluding hydrogens is 170 g/mol. The lowest BCUT2D eigenvalue weighted by Crippen LogP contribution is -2.54. The third kappa shape index (κ3) is 4.47. The molecule has 76 valence electrons. The van der Waals surface area contributed by atoms with Crippen molar-refractivity contribution in [1.82, 2.24) is 10.6 Å². The van der Waals surface area contributed by atoms with E-state index in [2.05, 4.69) is 10.6 Å². The minimum absolute atomic E-state index is 0.202. The molecule has 0 saturated carbocycles. The molecule has 0 aromatic heterocycles. The molecule has 0 unspecified atom stereocenters. The molecule has 2 amide bonds. The van der Waals surface area contributed by atoms with Crippen LogP contribution in [0.15, 0.2) is 0 Å². The van der Waals surface area contributed by atoms with E-state index < -0.39 is 11.4 Å². The lowest BCUT2D eigenvalue weighted by Gasteiger charge is -2.22. The Morgan fingerprint density at radius 1 is 1.38 bits per heavy atom. The van der Waals surface area contributed by atoms with E-state index in [-0.39, 0.29) is 12.5 Å². The van der Waals surface area contributed by atoms with Crippen molar-refractivity contribution in [2.24, 2.45) is 5.73 Å². The number of hydrogen-bond donors (Lipinski definition) is 3. The molecule has 0 aromatic rings. The van der Waals surface area contributed by atoms with Crippen molar-refractivity contribution >= 4 is 11.8 Å². The summed E-state index contributed by atoms with van der Waals surface area (Å²) in [6, 6.07) is 0. The summed E-state index contributed by atoms with van der Waals surface area (Å²) in [5, 5.41) is 5.36. The zero-order valence-corrected chi connectivity index (χ0v) is 8.31. The highest BCUT2D eigenvalue weighted by molar-refractivity contribution is 5.90. The van der Waals surface area contributed by atoms with Gasteiger partial charge in [0.1, 0.15) is 5.54 Å². The molecule has 0 aromatic carbocycles. The van der Waals surface area contributed by atoms with E-state index in [1.165, 1.54) is 0 Å². The van der Waals surface area contributed by atoms with Gasteiger partial charge in [-0.3, -0.25) is 9.59 Å². The third-order valence-electron chi connectivity index (χ3n) is 1.60. The Balaban J connectivity index is 3.97. The van der Waals surface area contributed by atoms with Crippen LogP contribution in [0.5, 0.6) is 0 Å². The number of carbonyl (C=O) groups is 2. The van der Waals surface area contributed by atoms with Gasteiger partial charge in [-0.25, -0.2) is 0 Å². The van der Waals surface area contributed by atoms with Gasteiger partial charge in [-0.2, -0.15) is 0 Å². The third-order valence-corrected chi connectivity index (χ3v) is 1.60. The van der Waals surface area contributed by atoms with Crippen LogP contribution < -0.4 is 16.4 Å². The summed E-state index contributed by atoms with van der Waals surface area (Å²) in [7, 11) is 0. The van der Waals surface area contributed by atoms with E-state index in [4.69, 9.17) is 5.73 Å². The van der Waals surface area contributed by atoms with Crippen LogP contribution in [0, 0.1) is 0 Å². The number of amides is 2. The summed E-state index contributed by atoms with van der Waals surface area (Å²) in [4.78, 5) is 22.0. The first-order valence-corrected chi connectivity index (χ1v) is 4.21. The maximum Gasteiger partial charge on any atom is 0.242 e. The molecule has 0 atom stereocenters. The summed E-state index contributed by atoms with van der Waals surface area (Å²) in [5.74, 6) is -0.775. The second kappa shape index (κ2) is 4.81. The first-order chi connectivity index (χ1) is 5.90. The second-order valence-corrected chi connectivity index (χ2v) is 3.32. The molecule has 0 radical (unpaired) electrons. The second-order valence-electron chi connectivity index (χ2n) is 3.32. The van der Waals surface area contributed by atoms with Gasteiger partial charge in [0.25, 0.3) is 0 Å². The first-order valence-electron chi connectivity index (χ1n) is 4.21. The summed E-state index contributed by atoms with van der Waals surface area (Å²) in [6.07, 6.45) is 0. The molecule has 13 heavy (non-hydrogen) atoms. The highest BCUT2D eigenvalue weighted by Crippen LogP contribution is 1.98. The number of nitrogens with two attached hydrogens (primary N) is 1. The van der Waals surface area contributed by atoms with Crippen molar-refractivity contribution in [3.05, 3.63) is 0 Å². The highest BCUT2D eigenvalue weighted by atomic mass is 16.2. The fourth-order valence-electron chi connectivity index (χ4n) is 0.693. The van der Waals surface area contributed by atoms with Crippen LogP contribution in [-0.2, 0) is 9.59 Å². The Kier molecular flexibility index (Phi) is 4.40. The summed E-state index contributed by atoms with van der Waals surface area (Å²) in [5.41, 5.74) is 4.09. The van der Waals surface area contributed by atoms with Gasteiger partial charge in [0.2, 0.25) is 11.8 Å². The number of rotatable bonds is 5. The normalized spacial score (nSPS) is 11.0. The van der Waals surface area contributed by atoms with Crippen molar-refractivity contribution in [3.8, 4) is 0 Å². The largest absolute Gasteiger partial charge is 0.368 e. The van der Waals surface area contributed by atoms with Crippen LogP contribution in [-0.4, -0.2) is 30.4 Å². The molecule has 0 rings (SSSR count). The average molecular weight is 187 g/mol. The number of primary amides is 1. The van der Waals surface area contributed by atoms with E-state index in [1.807, 2.05) is 6.92 Å². The molecule has 5 heteroatoms. The zero-order valence-electron chi connectivity index (χ0n) is 8.31. The summed E-state index contributed by atoms with van der Waals surface area (Å²) >= 11 is 0. The van der Waals surface area contributed by atoms with Gasteiger partial charge in [0, 0.05) is 0 Å². The van der Waals surface area contributed by atoms with Gasteiger partial charge >= 0.3 is 0 Å². The Hall–Kier alpha value is -1.10. The van der Waals surface area contributed by atoms with Gasteiger partial charge < -0.3 is 16.4 Å². The molecule has 0 heterocycles. The minimum atomic E-state index is -0.980. The van der Waals surface area contributed by atoms with Gasteiger partial charge in [-0.05, 0) is 20.4 Å². The smallest absolute Gasteiger partial charge is 0.242 e. The molecule has 0 aliphatic heterocycles. The zero-order chi connectivity index (χ0) is 10.5. The predicted octanol–water partition coefficient (Wildman–Crippen LogP) is -1.02. The standard InChI is InChI=1S/C8H17N3O2/c1-4-10-5-6(12)11-8(2,3)7(9)13/h10H,4-5H2,1-3H3,(H2,9,13)(H,11,12). The highest BCUT2D eigenvalue weighted by Gasteiger charge is 2.26. The molecule has 0 spiro atoms. The van der Waals surface area contributed by atoms with E-state index in [0.717, 1.165) is 0 Å². The number of nitrogens with one attached hydrogen (secondary N) is 2. The van der Waals surface area contributed by atoms with Crippen LogP contribution in [0.4, 0.5) is 0 Å². The molecule has 0 aliphatic carbocycles. The molecule has 4 N–H and O–H groups in total. The van der Waals surface area contributed by atoms with E-state index >= 15 is 0 Å². The Bertz CT molecular complexity index is 202. The quantitative estimate of drug-likeness (QED) is 0.515. The Labute approximate surface area is 78.1 Å². The molecular formula is C8H17N3O2. The van der Waals surface area contributed by atoms with Crippen LogP contribution >= 0.6 is 0 Å². The topological polar surface area (TPSA) is 84.2 Å². The Morgan fingerprint density at radius 2 is 1.92 bits per heavy atom. The van der Waals surface area contributed by atoms with Crippen molar-refractivity contribution in [2.75, 3.05) is 13.1 Å². The maximum atomic E-state index is 11.1. The SMILES string of the molecule is CCNCC(=O)NC(C)(C)C(N)=O. The van der Waals surface area contributed by atoms with Crippen molar-refractivity contribution in [2.45, 2.75) is 26.3 Å². The van der Waals surface area contributed by atoms with Gasteiger partial charge in [-0.15, -0.1) is 0 Å². The van der Waals surface area contributed by atoms with E-state index in [1.54, 1.807) is 13.8 Å². The minimum Gasteiger partial charge on any atom is -0.368 e. The summed E-state index contributed by atoms with van der Waals surface area (Å²) < 4.78 is 0.